The van der Waals surface area contributed by atoms with Crippen molar-refractivity contribution in [1.82, 2.24) is 29.9 Å². The van der Waals surface area contributed by atoms with Crippen LogP contribution in [0.15, 0.2) is 30.7 Å². The first kappa shape index (κ1) is 23.7. The van der Waals surface area contributed by atoms with Crippen LogP contribution < -0.4 is 5.32 Å². The van der Waals surface area contributed by atoms with E-state index < -0.39 is 29.1 Å². The molecule has 0 bridgehead atoms. The lowest BCUT2D eigenvalue weighted by atomic mass is 9.83. The van der Waals surface area contributed by atoms with Crippen LogP contribution in [0.25, 0.3) is 5.82 Å². The molecule has 1 spiro atoms. The van der Waals surface area contributed by atoms with E-state index in [2.05, 4.69) is 15.4 Å². The third-order valence-electron chi connectivity index (χ3n) is 6.14. The molecule has 1 atom stereocenters. The van der Waals surface area contributed by atoms with Gasteiger partial charge in [-0.2, -0.15) is 5.10 Å². The molecule has 4 heterocycles. The molecule has 2 aromatic heterocycles. The molecule has 3 amide bonds. The van der Waals surface area contributed by atoms with E-state index >= 15 is 0 Å². The van der Waals surface area contributed by atoms with Crippen LogP contribution >= 0.6 is 0 Å². The van der Waals surface area contributed by atoms with Gasteiger partial charge in [0.1, 0.15) is 17.7 Å². The maximum atomic E-state index is 13.6. The summed E-state index contributed by atoms with van der Waals surface area (Å²) in [5.41, 5.74) is -0.925. The third-order valence-corrected chi connectivity index (χ3v) is 6.14. The molecule has 2 aromatic rings. The number of hydrogen-bond acceptors (Lipinski definition) is 6. The molecule has 0 saturated carbocycles. The zero-order valence-electron chi connectivity index (χ0n) is 19.7. The van der Waals surface area contributed by atoms with Crippen LogP contribution in [0, 0.1) is 5.82 Å². The maximum Gasteiger partial charge on any atom is 0.410 e. The molecule has 34 heavy (non-hydrogen) atoms. The summed E-state index contributed by atoms with van der Waals surface area (Å²) in [6.07, 6.45) is 4.10. The van der Waals surface area contributed by atoms with Crippen LogP contribution in [0.3, 0.4) is 0 Å². The molecule has 0 unspecified atom stereocenters. The lowest BCUT2D eigenvalue weighted by Gasteiger charge is -2.47. The van der Waals surface area contributed by atoms with Gasteiger partial charge in [0.2, 0.25) is 11.8 Å². The van der Waals surface area contributed by atoms with Gasteiger partial charge >= 0.3 is 6.09 Å². The van der Waals surface area contributed by atoms with Crippen LogP contribution in [0.4, 0.5) is 9.18 Å². The van der Waals surface area contributed by atoms with Crippen molar-refractivity contribution in [3.63, 3.8) is 0 Å². The van der Waals surface area contributed by atoms with Gasteiger partial charge in [-0.25, -0.2) is 18.9 Å². The van der Waals surface area contributed by atoms with Crippen molar-refractivity contribution in [3.05, 3.63) is 42.1 Å². The van der Waals surface area contributed by atoms with Gasteiger partial charge in [-0.05, 0) is 52.2 Å². The number of carbonyl (C=O) groups excluding carboxylic acids is 3. The number of amides is 3. The van der Waals surface area contributed by atoms with E-state index in [1.807, 2.05) is 6.92 Å². The minimum Gasteiger partial charge on any atom is -0.444 e. The highest BCUT2D eigenvalue weighted by atomic mass is 19.1. The quantitative estimate of drug-likeness (QED) is 0.734. The predicted octanol–water partition coefficient (Wildman–Crippen LogP) is 2.20. The Kier molecular flexibility index (Phi) is 6.05. The van der Waals surface area contributed by atoms with E-state index in [-0.39, 0.29) is 18.4 Å². The van der Waals surface area contributed by atoms with Crippen LogP contribution in [-0.4, -0.2) is 73.2 Å². The lowest BCUT2D eigenvalue weighted by Crippen LogP contribution is -2.69. The van der Waals surface area contributed by atoms with Crippen molar-refractivity contribution in [2.24, 2.45) is 0 Å². The number of likely N-dealkylation sites (tertiary alicyclic amines) is 1. The monoisotopic (exact) mass is 472 g/mol. The third kappa shape index (κ3) is 4.73. The van der Waals surface area contributed by atoms with E-state index in [1.165, 1.54) is 10.9 Å². The Morgan fingerprint density at radius 1 is 1.21 bits per heavy atom. The number of aromatic nitrogens is 3. The fourth-order valence-electron chi connectivity index (χ4n) is 4.30. The fraction of sp³-hybridized carbons (Fsp3) is 0.522. The molecule has 10 nitrogen and oxygen atoms in total. The second kappa shape index (κ2) is 8.69. The molecule has 0 aliphatic carbocycles. The average Bonchev–Trinajstić information content (AvgIpc) is 3.21. The van der Waals surface area contributed by atoms with Crippen molar-refractivity contribution in [2.75, 3.05) is 19.6 Å². The summed E-state index contributed by atoms with van der Waals surface area (Å²) in [6, 6.07) is 3.06. The number of nitrogens with zero attached hydrogens (tertiary/aromatic N) is 5. The van der Waals surface area contributed by atoms with Gasteiger partial charge in [0.25, 0.3) is 0 Å². The van der Waals surface area contributed by atoms with Crippen molar-refractivity contribution >= 4 is 17.9 Å². The van der Waals surface area contributed by atoms with Crippen LogP contribution in [0.5, 0.6) is 0 Å². The minimum atomic E-state index is -1.05. The highest BCUT2D eigenvalue weighted by Crippen LogP contribution is 2.32. The molecular formula is C23H29FN6O4. The summed E-state index contributed by atoms with van der Waals surface area (Å²) in [4.78, 5) is 46.0. The molecule has 182 valence electrons. The minimum absolute atomic E-state index is 0.0658. The molecule has 0 radical (unpaired) electrons. The predicted molar refractivity (Wildman–Crippen MR) is 119 cm³/mol. The first-order chi connectivity index (χ1) is 16.0. The number of halogens is 1. The Balaban J connectivity index is 1.47. The van der Waals surface area contributed by atoms with E-state index in [0.717, 1.165) is 11.8 Å². The Morgan fingerprint density at radius 2 is 1.91 bits per heavy atom. The van der Waals surface area contributed by atoms with Crippen molar-refractivity contribution in [1.29, 1.82) is 0 Å². The normalized spacial score (nSPS) is 19.2. The van der Waals surface area contributed by atoms with Gasteiger partial charge in [-0.1, -0.05) is 6.07 Å². The summed E-state index contributed by atoms with van der Waals surface area (Å²) in [7, 11) is 0. The number of carbonyl (C=O) groups is 3. The SMILES string of the molecule is C[C@@H](c1ccc(-n2cc(F)cn2)nc1)N1CC(=O)NC2(CCN(C(=O)OC(C)(C)C)CC2)C1=O. The highest BCUT2D eigenvalue weighted by molar-refractivity contribution is 5.98. The molecule has 2 aliphatic rings. The molecule has 2 aliphatic heterocycles. The second-order valence-corrected chi connectivity index (χ2v) is 9.76. The summed E-state index contributed by atoms with van der Waals surface area (Å²) >= 11 is 0. The summed E-state index contributed by atoms with van der Waals surface area (Å²) in [5.74, 6) is -0.448. The van der Waals surface area contributed by atoms with Crippen LogP contribution in [-0.2, 0) is 14.3 Å². The van der Waals surface area contributed by atoms with Gasteiger partial charge in [0, 0.05) is 19.3 Å². The first-order valence-corrected chi connectivity index (χ1v) is 11.2. The largest absolute Gasteiger partial charge is 0.444 e. The summed E-state index contributed by atoms with van der Waals surface area (Å²) in [6.45, 7) is 7.78. The van der Waals surface area contributed by atoms with E-state index in [4.69, 9.17) is 4.74 Å². The molecule has 2 fully saturated rings. The number of nitrogens with one attached hydrogen (secondary N) is 1. The molecule has 1 N–H and O–H groups in total. The van der Waals surface area contributed by atoms with Crippen molar-refractivity contribution < 1.29 is 23.5 Å². The Labute approximate surface area is 197 Å². The Bertz CT molecular complexity index is 1090. The maximum absolute atomic E-state index is 13.6. The van der Waals surface area contributed by atoms with Crippen molar-refractivity contribution in [3.8, 4) is 5.82 Å². The van der Waals surface area contributed by atoms with Crippen LogP contribution in [0.2, 0.25) is 0 Å². The van der Waals surface area contributed by atoms with Gasteiger partial charge in [-0.15, -0.1) is 0 Å². The standard InChI is InChI=1S/C23H29FN6O4/c1-15(16-5-6-18(25-11-16)30-13-17(24)12-26-30)29-14-19(31)27-23(20(29)32)7-9-28(10-8-23)21(33)34-22(2,3)4/h5-6,11-13,15H,7-10,14H2,1-4H3,(H,27,31)/t15-/m0/s1. The first-order valence-electron chi connectivity index (χ1n) is 11.2. The number of pyridine rings is 1. The fourth-order valence-corrected chi connectivity index (χ4v) is 4.30. The van der Waals surface area contributed by atoms with Crippen LogP contribution in [0.1, 0.15) is 52.1 Å². The van der Waals surface area contributed by atoms with Gasteiger partial charge < -0.3 is 19.9 Å². The van der Waals surface area contributed by atoms with Gasteiger partial charge in [0.15, 0.2) is 11.6 Å². The molecule has 4 rings (SSSR count). The summed E-state index contributed by atoms with van der Waals surface area (Å²) in [5, 5.41) is 6.78. The zero-order valence-corrected chi connectivity index (χ0v) is 19.7. The number of piperazine rings is 1. The number of ether oxygens (including phenoxy) is 1. The van der Waals surface area contributed by atoms with E-state index in [1.54, 1.807) is 48.9 Å². The Hall–Kier alpha value is -3.50. The number of hydrogen-bond donors (Lipinski definition) is 1. The smallest absolute Gasteiger partial charge is 0.410 e. The topological polar surface area (TPSA) is 110 Å². The summed E-state index contributed by atoms with van der Waals surface area (Å²) < 4.78 is 20.0. The number of rotatable bonds is 3. The molecular weight excluding hydrogens is 443 g/mol. The van der Waals surface area contributed by atoms with E-state index in [9.17, 15) is 18.8 Å². The van der Waals surface area contributed by atoms with Gasteiger partial charge in [-0.3, -0.25) is 9.59 Å². The molecule has 11 heteroatoms. The number of piperidine rings is 1. The lowest BCUT2D eigenvalue weighted by molar-refractivity contribution is -0.154. The van der Waals surface area contributed by atoms with E-state index in [0.29, 0.717) is 31.7 Å². The average molecular weight is 473 g/mol. The van der Waals surface area contributed by atoms with Gasteiger partial charge in [0.05, 0.1) is 18.4 Å². The van der Waals surface area contributed by atoms with Crippen molar-refractivity contribution in [2.45, 2.75) is 57.7 Å². The molecule has 0 aromatic carbocycles. The zero-order chi connectivity index (χ0) is 24.7. The second-order valence-electron chi connectivity index (χ2n) is 9.76. The highest BCUT2D eigenvalue weighted by Gasteiger charge is 2.50. The molecule has 2 saturated heterocycles. The Morgan fingerprint density at radius 3 is 2.47 bits per heavy atom.